The highest BCUT2D eigenvalue weighted by atomic mass is 19.4. The predicted molar refractivity (Wildman–Crippen MR) is 65.6 cm³/mol. The standard InChI is InChI=1S/C14H15F6N/c1-8(21-12-3-2-4-12)9-5-10(13(15,16)17)7-11(6-9)14(18,19)20/h5-8,12,21H,2-4H2,1H3. The summed E-state index contributed by atoms with van der Waals surface area (Å²) >= 11 is 0. The van der Waals surface area contributed by atoms with Gasteiger partial charge in [0.05, 0.1) is 11.1 Å². The minimum absolute atomic E-state index is 0.00375. The SMILES string of the molecule is CC(NC1CCC1)c1cc(C(F)(F)F)cc(C(F)(F)F)c1. The van der Waals surface area contributed by atoms with Crippen LogP contribution >= 0.6 is 0 Å². The first-order valence-electron chi connectivity index (χ1n) is 6.63. The van der Waals surface area contributed by atoms with Gasteiger partial charge >= 0.3 is 12.4 Å². The lowest BCUT2D eigenvalue weighted by Gasteiger charge is -2.30. The van der Waals surface area contributed by atoms with Gasteiger partial charge in [-0.15, -0.1) is 0 Å². The van der Waals surface area contributed by atoms with Crippen molar-refractivity contribution >= 4 is 0 Å². The third kappa shape index (κ3) is 3.90. The molecule has 0 bridgehead atoms. The molecule has 0 amide bonds. The summed E-state index contributed by atoms with van der Waals surface area (Å²) < 4.78 is 76.5. The Hall–Kier alpha value is -1.24. The largest absolute Gasteiger partial charge is 0.416 e. The molecule has 1 nitrogen and oxygen atoms in total. The van der Waals surface area contributed by atoms with Crippen molar-refractivity contribution < 1.29 is 26.3 Å². The Labute approximate surface area is 118 Å². The van der Waals surface area contributed by atoms with E-state index in [-0.39, 0.29) is 17.7 Å². The lowest BCUT2D eigenvalue weighted by atomic mass is 9.91. The maximum atomic E-state index is 12.8. The molecule has 0 aromatic heterocycles. The van der Waals surface area contributed by atoms with Crippen LogP contribution in [0.15, 0.2) is 18.2 Å². The van der Waals surface area contributed by atoms with Gasteiger partial charge in [-0.25, -0.2) is 0 Å². The molecular weight excluding hydrogens is 296 g/mol. The Morgan fingerprint density at radius 1 is 0.952 bits per heavy atom. The summed E-state index contributed by atoms with van der Waals surface area (Å²) in [6.07, 6.45) is -6.77. The van der Waals surface area contributed by atoms with Crippen LogP contribution in [0.2, 0.25) is 0 Å². The molecule has 1 fully saturated rings. The molecule has 0 aliphatic heterocycles. The second kappa shape index (κ2) is 5.51. The molecule has 1 atom stereocenters. The summed E-state index contributed by atoms with van der Waals surface area (Å²) in [5.74, 6) is 0. The van der Waals surface area contributed by atoms with Crippen molar-refractivity contribution in [2.24, 2.45) is 0 Å². The first-order valence-corrected chi connectivity index (χ1v) is 6.63. The Bertz CT molecular complexity index is 469. The lowest BCUT2D eigenvalue weighted by molar-refractivity contribution is -0.143. The Balaban J connectivity index is 2.34. The normalized spacial score (nSPS) is 18.4. The average Bonchev–Trinajstić information content (AvgIpc) is 2.30. The first-order chi connectivity index (χ1) is 9.57. The minimum Gasteiger partial charge on any atom is -0.307 e. The molecule has 2 rings (SSSR count). The van der Waals surface area contributed by atoms with Crippen LogP contribution in [0.4, 0.5) is 26.3 Å². The van der Waals surface area contributed by atoms with E-state index in [4.69, 9.17) is 0 Å². The lowest BCUT2D eigenvalue weighted by Crippen LogP contribution is -2.37. The van der Waals surface area contributed by atoms with Crippen LogP contribution in [-0.2, 0) is 12.4 Å². The summed E-state index contributed by atoms with van der Waals surface area (Å²) in [4.78, 5) is 0. The number of benzene rings is 1. The van der Waals surface area contributed by atoms with Gasteiger partial charge in [0, 0.05) is 12.1 Å². The third-order valence-corrected chi connectivity index (χ3v) is 3.70. The van der Waals surface area contributed by atoms with Crippen molar-refractivity contribution in [2.75, 3.05) is 0 Å². The van der Waals surface area contributed by atoms with Crippen LogP contribution in [0.25, 0.3) is 0 Å². The smallest absolute Gasteiger partial charge is 0.307 e. The molecular formula is C14H15F6N. The van der Waals surface area contributed by atoms with Crippen LogP contribution < -0.4 is 5.32 Å². The molecule has 7 heteroatoms. The van der Waals surface area contributed by atoms with E-state index in [2.05, 4.69) is 5.32 Å². The van der Waals surface area contributed by atoms with Gasteiger partial charge in [0.2, 0.25) is 0 Å². The summed E-state index contributed by atoms with van der Waals surface area (Å²) in [6, 6.07) is 1.33. The van der Waals surface area contributed by atoms with Gasteiger partial charge in [-0.3, -0.25) is 0 Å². The molecule has 0 radical (unpaired) electrons. The van der Waals surface area contributed by atoms with Gasteiger partial charge in [-0.2, -0.15) is 26.3 Å². The number of hydrogen-bond donors (Lipinski definition) is 1. The zero-order valence-electron chi connectivity index (χ0n) is 11.3. The van der Waals surface area contributed by atoms with Crippen LogP contribution in [0.5, 0.6) is 0 Å². The van der Waals surface area contributed by atoms with Crippen molar-refractivity contribution in [3.05, 3.63) is 34.9 Å². The number of alkyl halides is 6. The highest BCUT2D eigenvalue weighted by Gasteiger charge is 2.37. The molecule has 0 heterocycles. The summed E-state index contributed by atoms with van der Waals surface area (Å²) in [5.41, 5.74) is -2.53. The van der Waals surface area contributed by atoms with E-state index >= 15 is 0 Å². The Morgan fingerprint density at radius 3 is 1.76 bits per heavy atom. The van der Waals surface area contributed by atoms with Crippen molar-refractivity contribution in [2.45, 2.75) is 50.6 Å². The molecule has 0 spiro atoms. The third-order valence-electron chi connectivity index (χ3n) is 3.70. The molecule has 1 unspecified atom stereocenters. The first kappa shape index (κ1) is 16.1. The maximum absolute atomic E-state index is 12.8. The van der Waals surface area contributed by atoms with Gasteiger partial charge in [0.25, 0.3) is 0 Å². The Kier molecular flexibility index (Phi) is 4.24. The minimum atomic E-state index is -4.80. The second-order valence-electron chi connectivity index (χ2n) is 5.36. The molecule has 1 saturated carbocycles. The van der Waals surface area contributed by atoms with Crippen LogP contribution in [0.1, 0.15) is 48.9 Å². The van der Waals surface area contributed by atoms with Crippen LogP contribution in [0, 0.1) is 0 Å². The monoisotopic (exact) mass is 311 g/mol. The predicted octanol–water partition coefficient (Wildman–Crippen LogP) is 4.93. The van der Waals surface area contributed by atoms with Gasteiger partial charge in [-0.05, 0) is 43.5 Å². The summed E-state index contributed by atoms with van der Waals surface area (Å²) in [5, 5.41) is 3.06. The number of nitrogens with one attached hydrogen (secondary N) is 1. The van der Waals surface area contributed by atoms with Crippen molar-refractivity contribution in [1.29, 1.82) is 0 Å². The van der Waals surface area contributed by atoms with E-state index in [1.807, 2.05) is 0 Å². The number of rotatable bonds is 3. The van der Waals surface area contributed by atoms with Gasteiger partial charge < -0.3 is 5.32 Å². The van der Waals surface area contributed by atoms with E-state index in [9.17, 15) is 26.3 Å². The molecule has 21 heavy (non-hydrogen) atoms. The van der Waals surface area contributed by atoms with Crippen molar-refractivity contribution in [3.63, 3.8) is 0 Å². The average molecular weight is 311 g/mol. The Morgan fingerprint density at radius 2 is 1.43 bits per heavy atom. The van der Waals surface area contributed by atoms with E-state index in [1.54, 1.807) is 6.92 Å². The van der Waals surface area contributed by atoms with E-state index in [0.717, 1.165) is 31.4 Å². The summed E-state index contributed by atoms with van der Waals surface area (Å²) in [7, 11) is 0. The topological polar surface area (TPSA) is 12.0 Å². The molecule has 1 aromatic rings. The van der Waals surface area contributed by atoms with E-state index in [0.29, 0.717) is 0 Å². The zero-order chi connectivity index (χ0) is 15.8. The number of halogens is 6. The van der Waals surface area contributed by atoms with Crippen LogP contribution in [-0.4, -0.2) is 6.04 Å². The van der Waals surface area contributed by atoms with Crippen molar-refractivity contribution in [3.8, 4) is 0 Å². The molecule has 1 aromatic carbocycles. The maximum Gasteiger partial charge on any atom is 0.416 e. The fourth-order valence-electron chi connectivity index (χ4n) is 2.25. The second-order valence-corrected chi connectivity index (χ2v) is 5.36. The van der Waals surface area contributed by atoms with E-state index < -0.39 is 29.5 Å². The molecule has 1 N–H and O–H groups in total. The molecule has 1 aliphatic carbocycles. The molecule has 0 saturated heterocycles. The van der Waals surface area contributed by atoms with E-state index in [1.165, 1.54) is 0 Å². The highest BCUT2D eigenvalue weighted by Crippen LogP contribution is 2.37. The summed E-state index contributed by atoms with van der Waals surface area (Å²) in [6.45, 7) is 1.58. The fourth-order valence-corrected chi connectivity index (χ4v) is 2.25. The van der Waals surface area contributed by atoms with Gasteiger partial charge in [0.15, 0.2) is 0 Å². The van der Waals surface area contributed by atoms with Crippen molar-refractivity contribution in [1.82, 2.24) is 5.32 Å². The van der Waals surface area contributed by atoms with Gasteiger partial charge in [0.1, 0.15) is 0 Å². The van der Waals surface area contributed by atoms with Crippen LogP contribution in [0.3, 0.4) is 0 Å². The fraction of sp³-hybridized carbons (Fsp3) is 0.571. The zero-order valence-corrected chi connectivity index (χ0v) is 11.3. The molecule has 1 aliphatic rings. The quantitative estimate of drug-likeness (QED) is 0.781. The highest BCUT2D eigenvalue weighted by molar-refractivity contribution is 5.35. The number of hydrogen-bond acceptors (Lipinski definition) is 1. The molecule has 118 valence electrons. The van der Waals surface area contributed by atoms with Gasteiger partial charge in [-0.1, -0.05) is 6.42 Å².